The maximum Gasteiger partial charge on any atom is 0.163 e. The average Bonchev–Trinajstić information content (AvgIpc) is 3.85. The molecule has 0 atom stereocenters. The highest BCUT2D eigenvalue weighted by Gasteiger charge is 2.25. The normalized spacial score (nSPS) is 11.6. The summed E-state index contributed by atoms with van der Waals surface area (Å²) >= 11 is 0. The van der Waals surface area contributed by atoms with Gasteiger partial charge in [-0.15, -0.1) is 0 Å². The number of aryl methyl sites for hydroxylation is 10. The van der Waals surface area contributed by atoms with Crippen molar-refractivity contribution < 1.29 is 0 Å². The van der Waals surface area contributed by atoms with Gasteiger partial charge in [-0.05, 0) is 129 Å². The number of hydrogen-bond acceptors (Lipinski definition) is 14. The smallest absolute Gasteiger partial charge is 0.163 e. The van der Waals surface area contributed by atoms with Crippen LogP contribution in [-0.4, -0.2) is 73.9 Å². The van der Waals surface area contributed by atoms with Crippen LogP contribution in [0.1, 0.15) is 63.5 Å². The van der Waals surface area contributed by atoms with Gasteiger partial charge in [0.1, 0.15) is 58.2 Å². The molecule has 0 saturated heterocycles. The van der Waals surface area contributed by atoms with E-state index in [0.29, 0.717) is 86.8 Å². The Kier molecular flexibility index (Phi) is 10.6. The summed E-state index contributed by atoms with van der Waals surface area (Å²) in [7, 11) is 0. The second kappa shape index (κ2) is 17.3. The monoisotopic (exact) mass is 966 g/mol. The lowest BCUT2D eigenvalue weighted by molar-refractivity contribution is 0.928. The van der Waals surface area contributed by atoms with E-state index in [-0.39, 0.29) is 0 Å². The predicted molar refractivity (Wildman–Crippen MR) is 286 cm³/mol. The van der Waals surface area contributed by atoms with Crippen LogP contribution in [0.15, 0.2) is 97.1 Å². The van der Waals surface area contributed by atoms with Crippen molar-refractivity contribution in [2.75, 3.05) is 0 Å². The van der Waals surface area contributed by atoms with Gasteiger partial charge in [-0.25, -0.2) is 59.8 Å². The van der Waals surface area contributed by atoms with Gasteiger partial charge in [-0.2, -0.15) is 5.26 Å². The summed E-state index contributed by atoms with van der Waals surface area (Å²) in [5.74, 6) is 7.13. The molecule has 0 radical (unpaired) electrons. The average molecular weight is 967 g/mol. The quantitative estimate of drug-likeness (QED) is 0.146. The number of nitrogens with zero attached hydrogens (tertiary/aromatic N) is 16. The fraction of sp³-hybridized carbons (Fsp3) is 0.172. The zero-order valence-corrected chi connectivity index (χ0v) is 42.4. The van der Waals surface area contributed by atoms with Crippen molar-refractivity contribution in [2.45, 2.75) is 69.2 Å². The van der Waals surface area contributed by atoms with Gasteiger partial charge in [0.05, 0.1) is 33.4 Å². The molecule has 0 aliphatic heterocycles. The molecule has 0 saturated carbocycles. The van der Waals surface area contributed by atoms with E-state index in [1.165, 1.54) is 0 Å². The van der Waals surface area contributed by atoms with Gasteiger partial charge in [0.15, 0.2) is 23.3 Å². The fourth-order valence-corrected chi connectivity index (χ4v) is 10.3. The zero-order valence-electron chi connectivity index (χ0n) is 42.4. The maximum atomic E-state index is 12.0. The number of pyridine rings is 1. The molecule has 5 aromatic carbocycles. The summed E-state index contributed by atoms with van der Waals surface area (Å²) in [4.78, 5) is 61.0. The summed E-state index contributed by atoms with van der Waals surface area (Å²) in [5, 5.41) is 15.9. The van der Waals surface area contributed by atoms with Crippen molar-refractivity contribution in [3.05, 3.63) is 161 Å². The van der Waals surface area contributed by atoms with Crippen LogP contribution in [0.4, 0.5) is 0 Å². The summed E-state index contributed by atoms with van der Waals surface area (Å²) in [6.45, 7) is 18.9. The molecule has 0 spiro atoms. The summed E-state index contributed by atoms with van der Waals surface area (Å²) in [5.41, 5.74) is 11.8. The molecule has 0 bridgehead atoms. The molecule has 0 unspecified atom stereocenters. The van der Waals surface area contributed by atoms with Crippen molar-refractivity contribution in [3.8, 4) is 74.1 Å². The third-order valence-electron chi connectivity index (χ3n) is 13.1. The molecule has 0 aliphatic rings. The molecule has 0 amide bonds. The minimum absolute atomic E-state index is 0.415. The van der Waals surface area contributed by atoms with E-state index in [9.17, 15) is 5.26 Å². The first-order valence-corrected chi connectivity index (χ1v) is 24.1. The largest absolute Gasteiger partial charge is 0.308 e. The van der Waals surface area contributed by atoms with Crippen LogP contribution in [0.25, 0.3) is 112 Å². The number of nitriles is 1. The molecule has 7 heterocycles. The van der Waals surface area contributed by atoms with Gasteiger partial charge >= 0.3 is 0 Å². The number of fused-ring (bicyclic) bond motifs is 6. The Morgan fingerprint density at radius 3 is 0.811 bits per heavy atom. The first kappa shape index (κ1) is 45.5. The van der Waals surface area contributed by atoms with Crippen LogP contribution in [0.5, 0.6) is 0 Å². The highest BCUT2D eigenvalue weighted by molar-refractivity contribution is 6.13. The minimum atomic E-state index is 0.415. The molecular weight excluding hydrogens is 921 g/mol. The highest BCUT2D eigenvalue weighted by Crippen LogP contribution is 2.43. The molecule has 358 valence electrons. The van der Waals surface area contributed by atoms with E-state index in [4.69, 9.17) is 44.9 Å². The summed E-state index contributed by atoms with van der Waals surface area (Å²) in [6, 6.07) is 36.1. The molecule has 16 heteroatoms. The van der Waals surface area contributed by atoms with Gasteiger partial charge < -0.3 is 9.13 Å². The number of rotatable bonds is 7. The van der Waals surface area contributed by atoms with Crippen LogP contribution in [0.3, 0.4) is 0 Å². The number of benzene rings is 5. The van der Waals surface area contributed by atoms with E-state index >= 15 is 0 Å². The second-order valence-electron chi connectivity index (χ2n) is 18.8. The number of aromatic nitrogens is 15. The molecule has 12 aromatic rings. The van der Waals surface area contributed by atoms with E-state index < -0.39 is 0 Å². The van der Waals surface area contributed by atoms with Crippen molar-refractivity contribution >= 4 is 43.6 Å². The Morgan fingerprint density at radius 1 is 0.297 bits per heavy atom. The highest BCUT2D eigenvalue weighted by atomic mass is 15.1. The lowest BCUT2D eigenvalue weighted by Crippen LogP contribution is -2.06. The Labute approximate surface area is 425 Å². The summed E-state index contributed by atoms with van der Waals surface area (Å²) < 4.78 is 4.37. The van der Waals surface area contributed by atoms with Crippen molar-refractivity contribution in [1.82, 2.24) is 73.9 Å². The summed E-state index contributed by atoms with van der Waals surface area (Å²) in [6.07, 6.45) is 0. The SMILES string of the molecule is Cc1cc(-c2cc(-n3c4cc(-c5nc(C)nc(C)n5)ccc4c4ccc(-c5nc(C)nc(C)n5)cc43)c(C#N)c(-n3c4cc(-c5nc(C)nc(C)n5)ccc4c4ccc(-c5nc(C)nc(C)n5)cc43)c2)cc(C)n1. The molecule has 16 nitrogen and oxygen atoms in total. The Bertz CT molecular complexity index is 3840. The lowest BCUT2D eigenvalue weighted by atomic mass is 9.99. The molecule has 0 fully saturated rings. The maximum absolute atomic E-state index is 12.0. The first-order valence-electron chi connectivity index (χ1n) is 24.1. The third kappa shape index (κ3) is 7.91. The van der Waals surface area contributed by atoms with E-state index in [0.717, 1.165) is 88.4 Å². The van der Waals surface area contributed by atoms with Crippen LogP contribution in [0, 0.1) is 80.6 Å². The van der Waals surface area contributed by atoms with Crippen LogP contribution in [0.2, 0.25) is 0 Å². The molecule has 0 aliphatic carbocycles. The molecule has 74 heavy (non-hydrogen) atoms. The van der Waals surface area contributed by atoms with Crippen molar-refractivity contribution in [3.63, 3.8) is 0 Å². The van der Waals surface area contributed by atoms with Crippen molar-refractivity contribution in [1.29, 1.82) is 5.26 Å². The zero-order chi connectivity index (χ0) is 51.3. The van der Waals surface area contributed by atoms with E-state index in [1.807, 2.05) is 93.5 Å². The third-order valence-corrected chi connectivity index (χ3v) is 13.1. The fourth-order valence-electron chi connectivity index (χ4n) is 10.3. The van der Waals surface area contributed by atoms with Crippen LogP contribution >= 0.6 is 0 Å². The predicted octanol–water partition coefficient (Wildman–Crippen LogP) is 11.3. The molecule has 7 aromatic heterocycles. The standard InChI is InChI=1S/C58H46N16/c1-28-19-42(20-29(2)60-28)43-25-53(73-49-21-38(55-65-30(3)61-31(4)66-55)11-15-44(49)45-16-12-39(22-50(45)73)56-67-32(5)62-33(6)68-56)48(27-59)54(26-43)74-51-23-40(57-69-34(7)63-35(8)70-57)13-17-46(51)47-18-14-41(24-52(47)74)58-71-36(9)64-37(10)72-58/h11-26H,1-10H3. The van der Waals surface area contributed by atoms with Gasteiger partial charge in [0.25, 0.3) is 0 Å². The van der Waals surface area contributed by atoms with Gasteiger partial charge in [0, 0.05) is 55.2 Å². The Balaban J connectivity index is 1.24. The van der Waals surface area contributed by atoms with Gasteiger partial charge in [0.2, 0.25) is 0 Å². The number of hydrogen-bond donors (Lipinski definition) is 0. The molecular formula is C58H46N16. The Morgan fingerprint density at radius 2 is 0.554 bits per heavy atom. The van der Waals surface area contributed by atoms with Crippen molar-refractivity contribution in [2.24, 2.45) is 0 Å². The first-order chi connectivity index (χ1) is 35.6. The van der Waals surface area contributed by atoms with Gasteiger partial charge in [-0.1, -0.05) is 48.5 Å². The lowest BCUT2D eigenvalue weighted by Gasteiger charge is -2.19. The van der Waals surface area contributed by atoms with E-state index in [1.54, 1.807) is 0 Å². The topological polar surface area (TPSA) is 201 Å². The molecule has 0 N–H and O–H groups in total. The molecule has 12 rings (SSSR count). The minimum Gasteiger partial charge on any atom is -0.308 e. The van der Waals surface area contributed by atoms with Crippen LogP contribution < -0.4 is 0 Å². The van der Waals surface area contributed by atoms with Gasteiger partial charge in [-0.3, -0.25) is 4.98 Å². The Hall–Kier alpha value is -9.62. The van der Waals surface area contributed by atoms with E-state index in [2.05, 4.69) is 108 Å². The second-order valence-corrected chi connectivity index (χ2v) is 18.8. The van der Waals surface area contributed by atoms with Crippen LogP contribution in [-0.2, 0) is 0 Å².